The van der Waals surface area contributed by atoms with Crippen LogP contribution in [0, 0.1) is 0 Å². The molecule has 0 aliphatic carbocycles. The van der Waals surface area contributed by atoms with Gasteiger partial charge in [0, 0.05) is 0 Å². The van der Waals surface area contributed by atoms with Gasteiger partial charge in [-0.25, -0.2) is 9.55 Å². The number of aromatic amines is 1. The molecule has 11 heteroatoms. The van der Waals surface area contributed by atoms with E-state index in [0.717, 1.165) is 6.20 Å². The highest BCUT2D eigenvalue weighted by Crippen LogP contribution is 2.55. The van der Waals surface area contributed by atoms with Crippen LogP contribution in [0.4, 0.5) is 39.5 Å². The van der Waals surface area contributed by atoms with E-state index < -0.39 is 29.8 Å². The third kappa shape index (κ3) is 2.12. The number of hydrogen-bond acceptors (Lipinski definition) is 0. The number of alkyl halides is 9. The highest BCUT2D eigenvalue weighted by molar-refractivity contribution is 5.06. The lowest BCUT2D eigenvalue weighted by Gasteiger charge is -2.31. The van der Waals surface area contributed by atoms with Crippen LogP contribution < -0.4 is 4.57 Å². The minimum absolute atomic E-state index is 0.331. The predicted molar refractivity (Wildman–Crippen MR) is 46.5 cm³/mol. The molecule has 0 radical (unpaired) electrons. The van der Waals surface area contributed by atoms with Crippen LogP contribution in [0.2, 0.25) is 0 Å². The zero-order valence-corrected chi connectivity index (χ0v) is 9.71. The SMILES string of the molecule is CC[n+]1cc[nH]c1C(F)(F)C(F)(F)C(F)(F)C(F)(F)F. The van der Waals surface area contributed by atoms with Crippen molar-refractivity contribution in [2.75, 3.05) is 0 Å². The molecule has 0 amide bonds. The number of halogens is 9. The van der Waals surface area contributed by atoms with Gasteiger partial charge in [-0.05, 0) is 6.92 Å². The molecule has 0 unspecified atom stereocenters. The number of nitrogens with one attached hydrogen (secondary N) is 1. The Labute approximate surface area is 106 Å². The first-order valence-electron chi connectivity index (χ1n) is 5.08. The molecule has 0 saturated carbocycles. The largest absolute Gasteiger partial charge is 0.460 e. The molecule has 1 heterocycles. The summed E-state index contributed by atoms with van der Waals surface area (Å²) < 4.78 is 115. The van der Waals surface area contributed by atoms with Crippen LogP contribution in [0.3, 0.4) is 0 Å². The van der Waals surface area contributed by atoms with E-state index in [-0.39, 0.29) is 6.54 Å². The Balaban J connectivity index is 3.40. The molecule has 1 rings (SSSR count). The molecule has 0 bridgehead atoms. The molecule has 0 fully saturated rings. The third-order valence-electron chi connectivity index (χ3n) is 2.54. The maximum absolute atomic E-state index is 13.5. The van der Waals surface area contributed by atoms with Crippen LogP contribution in [0.5, 0.6) is 0 Å². The summed E-state index contributed by atoms with van der Waals surface area (Å²) in [5.74, 6) is -21.0. The van der Waals surface area contributed by atoms with E-state index in [0.29, 0.717) is 10.8 Å². The van der Waals surface area contributed by atoms with E-state index in [1.54, 1.807) is 4.98 Å². The van der Waals surface area contributed by atoms with Crippen molar-refractivity contribution in [1.82, 2.24) is 4.98 Å². The Kier molecular flexibility index (Phi) is 3.79. The van der Waals surface area contributed by atoms with Gasteiger partial charge in [0.2, 0.25) is 0 Å². The van der Waals surface area contributed by atoms with Crippen molar-refractivity contribution in [1.29, 1.82) is 0 Å². The molecular weight excluding hydrogens is 307 g/mol. The van der Waals surface area contributed by atoms with Gasteiger partial charge in [0.25, 0.3) is 0 Å². The average Bonchev–Trinajstić information content (AvgIpc) is 2.75. The van der Waals surface area contributed by atoms with Gasteiger partial charge in [0.15, 0.2) is 0 Å². The summed E-state index contributed by atoms with van der Waals surface area (Å²) in [5, 5.41) is 0. The second-order valence-corrected chi connectivity index (χ2v) is 3.82. The molecule has 0 spiro atoms. The van der Waals surface area contributed by atoms with Crippen LogP contribution in [0.1, 0.15) is 12.7 Å². The van der Waals surface area contributed by atoms with E-state index in [9.17, 15) is 39.5 Å². The molecule has 116 valence electrons. The van der Waals surface area contributed by atoms with Crippen LogP contribution in [0.15, 0.2) is 12.4 Å². The van der Waals surface area contributed by atoms with Gasteiger partial charge in [0.05, 0.1) is 6.54 Å². The summed E-state index contributed by atoms with van der Waals surface area (Å²) in [6.45, 7) is 0.884. The maximum Gasteiger partial charge on any atom is 0.460 e. The van der Waals surface area contributed by atoms with Crippen LogP contribution in [-0.4, -0.2) is 23.0 Å². The number of rotatable bonds is 4. The molecule has 0 aliphatic heterocycles. The fourth-order valence-electron chi connectivity index (χ4n) is 1.42. The standard InChI is InChI=1S/C9H7F9N2/c1-2-20-4-3-19-5(20)6(10,11)7(12,13)8(14,15)9(16,17)18/h3-4H,2H2,1H3/p+1. The van der Waals surface area contributed by atoms with Gasteiger partial charge in [-0.15, -0.1) is 0 Å². The topological polar surface area (TPSA) is 19.7 Å². The Morgan fingerprint density at radius 3 is 1.85 bits per heavy atom. The van der Waals surface area contributed by atoms with E-state index in [1.807, 2.05) is 0 Å². The Hall–Kier alpha value is -1.42. The maximum atomic E-state index is 13.5. The highest BCUT2D eigenvalue weighted by atomic mass is 19.4. The lowest BCUT2D eigenvalue weighted by atomic mass is 10.0. The van der Waals surface area contributed by atoms with Gasteiger partial charge < -0.3 is 0 Å². The zero-order valence-electron chi connectivity index (χ0n) is 9.71. The summed E-state index contributed by atoms with van der Waals surface area (Å²) in [7, 11) is 0. The van der Waals surface area contributed by atoms with E-state index >= 15 is 0 Å². The normalized spacial score (nSPS) is 14.7. The van der Waals surface area contributed by atoms with Crippen molar-refractivity contribution in [2.45, 2.75) is 37.4 Å². The van der Waals surface area contributed by atoms with E-state index in [2.05, 4.69) is 0 Å². The van der Waals surface area contributed by atoms with Gasteiger partial charge >= 0.3 is 29.8 Å². The lowest BCUT2D eigenvalue weighted by Crippen LogP contribution is -2.62. The van der Waals surface area contributed by atoms with Crippen molar-refractivity contribution in [3.8, 4) is 0 Å². The van der Waals surface area contributed by atoms with Gasteiger partial charge in [-0.2, -0.15) is 39.5 Å². The van der Waals surface area contributed by atoms with Gasteiger partial charge in [-0.1, -0.05) is 0 Å². The van der Waals surface area contributed by atoms with E-state index in [4.69, 9.17) is 0 Å². The Morgan fingerprint density at radius 1 is 0.950 bits per heavy atom. The first-order valence-corrected chi connectivity index (χ1v) is 5.08. The molecular formula is C9H8F9N2+. The monoisotopic (exact) mass is 315 g/mol. The summed E-state index contributed by atoms with van der Waals surface area (Å²) in [6.07, 6.45) is -5.29. The first kappa shape index (κ1) is 16.6. The molecule has 0 aliphatic rings. The fraction of sp³-hybridized carbons (Fsp3) is 0.667. The zero-order chi connectivity index (χ0) is 16.0. The Morgan fingerprint density at radius 2 is 1.45 bits per heavy atom. The summed E-state index contributed by atoms with van der Waals surface area (Å²) >= 11 is 0. The van der Waals surface area contributed by atoms with Crippen molar-refractivity contribution < 1.29 is 44.1 Å². The molecule has 1 aromatic heterocycles. The van der Waals surface area contributed by atoms with Crippen molar-refractivity contribution >= 4 is 0 Å². The van der Waals surface area contributed by atoms with Gasteiger partial charge in [0.1, 0.15) is 12.4 Å². The fourth-order valence-corrected chi connectivity index (χ4v) is 1.42. The number of H-pyrrole nitrogens is 1. The van der Waals surface area contributed by atoms with Crippen molar-refractivity contribution in [2.24, 2.45) is 0 Å². The second-order valence-electron chi connectivity index (χ2n) is 3.82. The quantitative estimate of drug-likeness (QED) is 0.650. The number of nitrogens with zero attached hydrogens (tertiary/aromatic N) is 1. The third-order valence-corrected chi connectivity index (χ3v) is 2.54. The highest BCUT2D eigenvalue weighted by Gasteiger charge is 2.84. The van der Waals surface area contributed by atoms with E-state index in [1.165, 1.54) is 6.92 Å². The minimum Gasteiger partial charge on any atom is -0.242 e. The molecule has 0 aromatic carbocycles. The average molecular weight is 315 g/mol. The molecule has 0 atom stereocenters. The Bertz CT molecular complexity index is 474. The van der Waals surface area contributed by atoms with Crippen LogP contribution in [-0.2, 0) is 12.5 Å². The number of imidazole rings is 1. The van der Waals surface area contributed by atoms with Crippen LogP contribution in [0.25, 0.3) is 0 Å². The molecule has 1 N–H and O–H groups in total. The number of hydrogen-bond donors (Lipinski definition) is 1. The second kappa shape index (κ2) is 4.55. The lowest BCUT2D eigenvalue weighted by molar-refractivity contribution is -0.711. The predicted octanol–water partition coefficient (Wildman–Crippen LogP) is 3.25. The number of aromatic nitrogens is 2. The van der Waals surface area contributed by atoms with Crippen molar-refractivity contribution in [3.63, 3.8) is 0 Å². The molecule has 1 aromatic rings. The molecule has 2 nitrogen and oxygen atoms in total. The summed E-state index contributed by atoms with van der Waals surface area (Å²) in [4.78, 5) is 1.56. The smallest absolute Gasteiger partial charge is 0.242 e. The molecule has 0 saturated heterocycles. The van der Waals surface area contributed by atoms with Crippen molar-refractivity contribution in [3.05, 3.63) is 18.2 Å². The summed E-state index contributed by atoms with van der Waals surface area (Å²) in [5.41, 5.74) is 0. The van der Waals surface area contributed by atoms with Gasteiger partial charge in [-0.3, -0.25) is 0 Å². The molecule has 20 heavy (non-hydrogen) atoms. The van der Waals surface area contributed by atoms with Crippen LogP contribution >= 0.6 is 0 Å². The summed E-state index contributed by atoms with van der Waals surface area (Å²) in [6, 6.07) is 0. The minimum atomic E-state index is -6.89. The number of aryl methyl sites for hydroxylation is 1. The first-order chi connectivity index (χ1) is 8.80.